The fourth-order valence-corrected chi connectivity index (χ4v) is 4.33. The molecule has 5 amide bonds. The van der Waals surface area contributed by atoms with E-state index in [2.05, 4.69) is 31.6 Å². The summed E-state index contributed by atoms with van der Waals surface area (Å²) in [6, 6.07) is 3.75. The van der Waals surface area contributed by atoms with Crippen LogP contribution in [0.25, 0.3) is 0 Å². The number of carboxylic acid groups (broad SMARTS) is 1. The Hall–Kier alpha value is -4.73. The van der Waals surface area contributed by atoms with Crippen LogP contribution in [0.1, 0.15) is 44.1 Å². The number of unbranched alkanes of at least 4 members (excludes halogenated alkanes) is 1. The van der Waals surface area contributed by atoms with Gasteiger partial charge in [-0.25, -0.2) is 0 Å². The van der Waals surface area contributed by atoms with Crippen molar-refractivity contribution in [3.8, 4) is 0 Å². The summed E-state index contributed by atoms with van der Waals surface area (Å²) in [4.78, 5) is 81.1. The normalized spacial score (nSPS) is 22.0. The van der Waals surface area contributed by atoms with Crippen LogP contribution in [-0.4, -0.2) is 90.4 Å². The zero-order valence-corrected chi connectivity index (χ0v) is 23.8. The summed E-state index contributed by atoms with van der Waals surface area (Å²) in [5.41, 5.74) is 17.0. The highest BCUT2D eigenvalue weighted by molar-refractivity contribution is 5.98. The van der Waals surface area contributed by atoms with Crippen molar-refractivity contribution in [3.05, 3.63) is 35.9 Å². The second-order valence-electron chi connectivity index (χ2n) is 10.0. The van der Waals surface area contributed by atoms with Crippen LogP contribution in [0.2, 0.25) is 0 Å². The second kappa shape index (κ2) is 17.9. The van der Waals surface area contributed by atoms with Crippen LogP contribution in [0.4, 0.5) is 0 Å². The van der Waals surface area contributed by atoms with E-state index in [1.807, 2.05) is 0 Å². The number of hydrogen-bond acceptors (Lipinski definition) is 8. The summed E-state index contributed by atoms with van der Waals surface area (Å²) in [7, 11) is 0. The summed E-state index contributed by atoms with van der Waals surface area (Å²) in [5, 5.41) is 21.9. The van der Waals surface area contributed by atoms with E-state index < -0.39 is 72.6 Å². The molecule has 16 nitrogen and oxygen atoms in total. The standard InChI is InChI=1S/C27H41N9O7/c28-11-5-4-9-18-24(41)34-17(10-6-12-31-27(29)30)23(40)32-15-21(37)33-20(14-22(38)39)26(43)36-19(25(42)35-18)13-16-7-2-1-3-8-16/h1-3,7-8,17-20H,4-6,9-15,28H2,(H,32,40)(H,33,37)(H,34,41)(H,35,42)(H,36,43)(H,38,39)(H4,29,30,31)/t17-,18?,19+,20-/m0/s1. The molecular formula is C27H41N9O7. The van der Waals surface area contributed by atoms with Gasteiger partial charge in [-0.15, -0.1) is 0 Å². The molecule has 4 atom stereocenters. The van der Waals surface area contributed by atoms with E-state index in [4.69, 9.17) is 17.2 Å². The Kier molecular flexibility index (Phi) is 14.4. The molecule has 12 N–H and O–H groups in total. The molecule has 1 aromatic carbocycles. The lowest BCUT2D eigenvalue weighted by Crippen LogP contribution is -2.58. The minimum atomic E-state index is -1.55. The van der Waals surface area contributed by atoms with E-state index in [0.717, 1.165) is 0 Å². The van der Waals surface area contributed by atoms with Gasteiger partial charge in [0, 0.05) is 13.0 Å². The van der Waals surface area contributed by atoms with Crippen molar-refractivity contribution in [2.75, 3.05) is 19.6 Å². The number of carbonyl (C=O) groups is 6. The number of hydrogen-bond donors (Lipinski definition) is 9. The van der Waals surface area contributed by atoms with Gasteiger partial charge < -0.3 is 48.9 Å². The lowest BCUT2D eigenvalue weighted by atomic mass is 10.0. The zero-order chi connectivity index (χ0) is 31.8. The fraction of sp³-hybridized carbons (Fsp3) is 0.519. The molecule has 1 heterocycles. The Bertz CT molecular complexity index is 1160. The maximum absolute atomic E-state index is 13.6. The first-order valence-corrected chi connectivity index (χ1v) is 14.0. The number of nitrogens with one attached hydrogen (secondary N) is 5. The average molecular weight is 604 g/mol. The van der Waals surface area contributed by atoms with Gasteiger partial charge in [0.25, 0.3) is 0 Å². The van der Waals surface area contributed by atoms with Crippen molar-refractivity contribution in [1.82, 2.24) is 26.6 Å². The number of nitrogens with two attached hydrogens (primary N) is 3. The Morgan fingerprint density at radius 2 is 1.37 bits per heavy atom. The first-order chi connectivity index (χ1) is 20.5. The summed E-state index contributed by atoms with van der Waals surface area (Å²) < 4.78 is 0. The van der Waals surface area contributed by atoms with Gasteiger partial charge in [0.2, 0.25) is 29.5 Å². The molecule has 0 spiro atoms. The highest BCUT2D eigenvalue weighted by Gasteiger charge is 2.33. The van der Waals surface area contributed by atoms with E-state index in [-0.39, 0.29) is 31.8 Å². The van der Waals surface area contributed by atoms with Crippen molar-refractivity contribution < 1.29 is 33.9 Å². The predicted octanol–water partition coefficient (Wildman–Crippen LogP) is -3.04. The quantitative estimate of drug-likeness (QED) is 0.0661. The first kappa shape index (κ1) is 34.5. The number of carboxylic acids is 1. The number of nitrogens with zero attached hydrogens (tertiary/aromatic N) is 1. The molecule has 0 aromatic heterocycles. The highest BCUT2D eigenvalue weighted by Crippen LogP contribution is 2.09. The fourth-order valence-electron chi connectivity index (χ4n) is 4.33. The molecule has 236 valence electrons. The van der Waals surface area contributed by atoms with Crippen LogP contribution < -0.4 is 43.8 Å². The molecule has 43 heavy (non-hydrogen) atoms. The number of rotatable bonds is 12. The van der Waals surface area contributed by atoms with Crippen molar-refractivity contribution in [2.24, 2.45) is 22.2 Å². The number of aliphatic imine (C=N–C) groups is 1. The molecule has 0 saturated carbocycles. The minimum absolute atomic E-state index is 0.0107. The number of amides is 5. The molecule has 0 bridgehead atoms. The van der Waals surface area contributed by atoms with Gasteiger partial charge in [0.1, 0.15) is 24.2 Å². The van der Waals surface area contributed by atoms with Gasteiger partial charge in [0.15, 0.2) is 5.96 Å². The predicted molar refractivity (Wildman–Crippen MR) is 156 cm³/mol. The second-order valence-corrected chi connectivity index (χ2v) is 10.0. The Balaban J connectivity index is 2.44. The molecule has 1 aromatic rings. The zero-order valence-electron chi connectivity index (χ0n) is 23.8. The summed E-state index contributed by atoms with van der Waals surface area (Å²) in [6.45, 7) is -0.0746. The molecule has 1 aliphatic heterocycles. The first-order valence-electron chi connectivity index (χ1n) is 14.0. The maximum Gasteiger partial charge on any atom is 0.305 e. The molecule has 1 fully saturated rings. The van der Waals surface area contributed by atoms with Crippen LogP contribution in [0.3, 0.4) is 0 Å². The van der Waals surface area contributed by atoms with Crippen LogP contribution in [-0.2, 0) is 35.2 Å². The smallest absolute Gasteiger partial charge is 0.305 e. The molecule has 16 heteroatoms. The third-order valence-electron chi connectivity index (χ3n) is 6.53. The van der Waals surface area contributed by atoms with Gasteiger partial charge in [-0.1, -0.05) is 30.3 Å². The minimum Gasteiger partial charge on any atom is -0.481 e. The van der Waals surface area contributed by atoms with Crippen LogP contribution >= 0.6 is 0 Å². The topological polar surface area (TPSA) is 273 Å². The van der Waals surface area contributed by atoms with Gasteiger partial charge in [-0.05, 0) is 44.2 Å². The van der Waals surface area contributed by atoms with Crippen molar-refractivity contribution in [1.29, 1.82) is 0 Å². The highest BCUT2D eigenvalue weighted by atomic mass is 16.4. The molecule has 2 rings (SSSR count). The summed E-state index contributed by atoms with van der Waals surface area (Å²) in [6.07, 6.45) is 0.854. The maximum atomic E-state index is 13.6. The Morgan fingerprint density at radius 3 is 2.00 bits per heavy atom. The van der Waals surface area contributed by atoms with Gasteiger partial charge >= 0.3 is 5.97 Å². The summed E-state index contributed by atoms with van der Waals surface area (Å²) in [5.74, 6) is -5.36. The van der Waals surface area contributed by atoms with Crippen LogP contribution in [0.5, 0.6) is 0 Å². The number of aliphatic carboxylic acids is 1. The number of carbonyl (C=O) groups excluding carboxylic acids is 5. The summed E-state index contributed by atoms with van der Waals surface area (Å²) >= 11 is 0. The van der Waals surface area contributed by atoms with Gasteiger partial charge in [0.05, 0.1) is 13.0 Å². The average Bonchev–Trinajstić information content (AvgIpc) is 2.95. The third kappa shape index (κ3) is 12.8. The molecule has 0 radical (unpaired) electrons. The molecular weight excluding hydrogens is 562 g/mol. The van der Waals surface area contributed by atoms with E-state index in [0.29, 0.717) is 31.4 Å². The van der Waals surface area contributed by atoms with Gasteiger partial charge in [-0.2, -0.15) is 0 Å². The van der Waals surface area contributed by atoms with Crippen molar-refractivity contribution in [3.63, 3.8) is 0 Å². The van der Waals surface area contributed by atoms with E-state index in [1.165, 1.54) is 0 Å². The molecule has 1 aliphatic rings. The van der Waals surface area contributed by atoms with E-state index in [1.54, 1.807) is 30.3 Å². The SMILES string of the molecule is NCCCCC1NC(=O)[C@@H](Cc2ccccc2)NC(=O)[C@H](CC(=O)O)NC(=O)CNC(=O)[C@H](CCCN=C(N)N)NC1=O. The lowest BCUT2D eigenvalue weighted by molar-refractivity contribution is -0.141. The largest absolute Gasteiger partial charge is 0.481 e. The third-order valence-corrected chi connectivity index (χ3v) is 6.53. The number of benzene rings is 1. The monoisotopic (exact) mass is 603 g/mol. The van der Waals surface area contributed by atoms with Crippen LogP contribution in [0.15, 0.2) is 35.3 Å². The molecule has 1 saturated heterocycles. The van der Waals surface area contributed by atoms with E-state index in [9.17, 15) is 33.9 Å². The van der Waals surface area contributed by atoms with Crippen molar-refractivity contribution >= 4 is 41.5 Å². The Labute approximate surface area is 249 Å². The lowest BCUT2D eigenvalue weighted by Gasteiger charge is -2.26. The van der Waals surface area contributed by atoms with Gasteiger partial charge in [-0.3, -0.25) is 33.8 Å². The van der Waals surface area contributed by atoms with E-state index >= 15 is 0 Å². The van der Waals surface area contributed by atoms with Crippen molar-refractivity contribution in [2.45, 2.75) is 69.1 Å². The molecule has 0 aliphatic carbocycles. The Morgan fingerprint density at radius 1 is 0.791 bits per heavy atom. The van der Waals surface area contributed by atoms with Crippen LogP contribution in [0, 0.1) is 0 Å². The molecule has 1 unspecified atom stereocenters. The number of guanidine groups is 1.